The van der Waals surface area contributed by atoms with Crippen LogP contribution in [0.2, 0.25) is 0 Å². The average molecular weight is 266 g/mol. The monoisotopic (exact) mass is 266 g/mol. The lowest BCUT2D eigenvalue weighted by molar-refractivity contribution is 0.0247. The quantitative estimate of drug-likeness (QED) is 0.550. The Balaban J connectivity index is 2.38. The molecule has 1 rings (SSSR count). The van der Waals surface area contributed by atoms with Crippen LogP contribution >= 0.6 is 0 Å². The van der Waals surface area contributed by atoms with Crippen molar-refractivity contribution < 1.29 is 14.6 Å². The zero-order valence-corrected chi connectivity index (χ0v) is 11.6. The Morgan fingerprint density at radius 2 is 2.16 bits per heavy atom. The molecule has 0 saturated heterocycles. The molecule has 0 aromatic heterocycles. The summed E-state index contributed by atoms with van der Waals surface area (Å²) < 4.78 is 5.03. The first-order valence-electron chi connectivity index (χ1n) is 6.24. The smallest absolute Gasteiger partial charge is 0.338 e. The van der Waals surface area contributed by atoms with E-state index in [1.807, 2.05) is 20.8 Å². The Kier molecular flexibility index (Phi) is 5.32. The molecule has 0 radical (unpaired) electrons. The highest BCUT2D eigenvalue weighted by molar-refractivity contribution is 5.90. The second-order valence-corrected chi connectivity index (χ2v) is 5.51. The molecule has 0 aliphatic heterocycles. The van der Waals surface area contributed by atoms with Gasteiger partial charge in [-0.05, 0) is 39.0 Å². The lowest BCUT2D eigenvalue weighted by atomic mass is 10.1. The Hall–Kier alpha value is -1.59. The average Bonchev–Trinajstić information content (AvgIpc) is 2.32. The third-order valence-electron chi connectivity index (χ3n) is 2.40. The summed E-state index contributed by atoms with van der Waals surface area (Å²) in [5.41, 5.74) is 6.39. The predicted octanol–water partition coefficient (Wildman–Crippen LogP) is 1.17. The van der Waals surface area contributed by atoms with Crippen molar-refractivity contribution in [1.29, 1.82) is 0 Å². The molecule has 0 bridgehead atoms. The summed E-state index contributed by atoms with van der Waals surface area (Å²) in [6.07, 6.45) is -0.732. The molecule has 0 aliphatic rings. The van der Waals surface area contributed by atoms with Crippen LogP contribution in [0.15, 0.2) is 24.3 Å². The van der Waals surface area contributed by atoms with Crippen LogP contribution in [0.4, 0.5) is 5.69 Å². The summed E-state index contributed by atoms with van der Waals surface area (Å²) in [5.74, 6) is -0.484. The molecular weight excluding hydrogens is 244 g/mol. The molecule has 0 saturated carbocycles. The molecule has 0 amide bonds. The SMILES string of the molecule is CC(C)(C)NC[C@H](O)COC(=O)c1cccc(N)c1. The van der Waals surface area contributed by atoms with Crippen molar-refractivity contribution in [3.05, 3.63) is 29.8 Å². The van der Waals surface area contributed by atoms with Gasteiger partial charge >= 0.3 is 5.97 Å². The third kappa shape index (κ3) is 6.22. The number of aliphatic hydroxyl groups is 1. The standard InChI is InChI=1S/C14H22N2O3/c1-14(2,3)16-8-12(17)9-19-13(18)10-5-4-6-11(15)7-10/h4-7,12,16-17H,8-9,15H2,1-3H3/t12-/m0/s1. The molecular formula is C14H22N2O3. The van der Waals surface area contributed by atoms with E-state index in [0.717, 1.165) is 0 Å². The predicted molar refractivity (Wildman–Crippen MR) is 74.9 cm³/mol. The molecule has 0 spiro atoms. The number of nitrogens with one attached hydrogen (secondary N) is 1. The van der Waals surface area contributed by atoms with Crippen molar-refractivity contribution in [3.63, 3.8) is 0 Å². The third-order valence-corrected chi connectivity index (χ3v) is 2.40. The Bertz CT molecular complexity index is 427. The van der Waals surface area contributed by atoms with E-state index in [1.165, 1.54) is 0 Å². The van der Waals surface area contributed by atoms with Crippen molar-refractivity contribution in [3.8, 4) is 0 Å². The number of carbonyl (C=O) groups is 1. The molecule has 1 atom stereocenters. The number of anilines is 1. The van der Waals surface area contributed by atoms with E-state index in [9.17, 15) is 9.90 Å². The molecule has 5 nitrogen and oxygen atoms in total. The molecule has 106 valence electrons. The molecule has 4 N–H and O–H groups in total. The van der Waals surface area contributed by atoms with E-state index in [2.05, 4.69) is 5.32 Å². The van der Waals surface area contributed by atoms with Gasteiger partial charge in [0.2, 0.25) is 0 Å². The Morgan fingerprint density at radius 3 is 2.74 bits per heavy atom. The summed E-state index contributed by atoms with van der Waals surface area (Å²) >= 11 is 0. The fraction of sp³-hybridized carbons (Fsp3) is 0.500. The lowest BCUT2D eigenvalue weighted by Crippen LogP contribution is -2.42. The van der Waals surface area contributed by atoms with E-state index in [-0.39, 0.29) is 12.1 Å². The number of aliphatic hydroxyl groups excluding tert-OH is 1. The van der Waals surface area contributed by atoms with Gasteiger partial charge in [0.25, 0.3) is 0 Å². The lowest BCUT2D eigenvalue weighted by Gasteiger charge is -2.22. The molecule has 1 aromatic carbocycles. The van der Waals surface area contributed by atoms with Crippen molar-refractivity contribution in [1.82, 2.24) is 5.32 Å². The van der Waals surface area contributed by atoms with E-state index >= 15 is 0 Å². The van der Waals surface area contributed by atoms with Crippen LogP contribution in [0.3, 0.4) is 0 Å². The minimum atomic E-state index is -0.732. The highest BCUT2D eigenvalue weighted by Crippen LogP contribution is 2.08. The van der Waals surface area contributed by atoms with Gasteiger partial charge in [-0.2, -0.15) is 0 Å². The van der Waals surface area contributed by atoms with Crippen LogP contribution < -0.4 is 11.1 Å². The number of nitrogen functional groups attached to an aromatic ring is 1. The second-order valence-electron chi connectivity index (χ2n) is 5.51. The van der Waals surface area contributed by atoms with Gasteiger partial charge in [-0.1, -0.05) is 6.07 Å². The van der Waals surface area contributed by atoms with Gasteiger partial charge in [0.05, 0.1) is 5.56 Å². The van der Waals surface area contributed by atoms with Gasteiger partial charge in [-0.3, -0.25) is 0 Å². The van der Waals surface area contributed by atoms with Gasteiger partial charge in [-0.15, -0.1) is 0 Å². The first-order chi connectivity index (χ1) is 8.78. The number of ether oxygens (including phenoxy) is 1. The summed E-state index contributed by atoms with van der Waals surface area (Å²) in [4.78, 5) is 11.7. The number of esters is 1. The van der Waals surface area contributed by atoms with Crippen molar-refractivity contribution in [2.75, 3.05) is 18.9 Å². The molecule has 0 fully saturated rings. The summed E-state index contributed by atoms with van der Waals surface area (Å²) in [6.45, 7) is 6.32. The van der Waals surface area contributed by atoms with Gasteiger partial charge in [0.15, 0.2) is 0 Å². The topological polar surface area (TPSA) is 84.6 Å². The summed E-state index contributed by atoms with van der Waals surface area (Å²) in [6, 6.07) is 6.54. The molecule has 0 unspecified atom stereocenters. The van der Waals surface area contributed by atoms with E-state index in [4.69, 9.17) is 10.5 Å². The first-order valence-corrected chi connectivity index (χ1v) is 6.24. The van der Waals surface area contributed by atoms with Crippen LogP contribution in [0.5, 0.6) is 0 Å². The van der Waals surface area contributed by atoms with E-state index in [1.54, 1.807) is 24.3 Å². The second kappa shape index (κ2) is 6.54. The van der Waals surface area contributed by atoms with Gasteiger partial charge < -0.3 is 20.9 Å². The van der Waals surface area contributed by atoms with Crippen LogP contribution in [0, 0.1) is 0 Å². The fourth-order valence-electron chi connectivity index (χ4n) is 1.40. The van der Waals surface area contributed by atoms with Gasteiger partial charge in [0.1, 0.15) is 12.7 Å². The van der Waals surface area contributed by atoms with Gasteiger partial charge in [0, 0.05) is 17.8 Å². The zero-order chi connectivity index (χ0) is 14.5. The molecule has 0 heterocycles. The molecule has 19 heavy (non-hydrogen) atoms. The number of hydrogen-bond donors (Lipinski definition) is 3. The summed E-state index contributed by atoms with van der Waals surface area (Å²) in [5, 5.41) is 12.8. The number of benzene rings is 1. The number of nitrogens with two attached hydrogens (primary N) is 1. The normalized spacial score (nSPS) is 13.1. The van der Waals surface area contributed by atoms with E-state index in [0.29, 0.717) is 17.8 Å². The van der Waals surface area contributed by atoms with Crippen molar-refractivity contribution in [2.24, 2.45) is 0 Å². The number of rotatable bonds is 5. The van der Waals surface area contributed by atoms with Crippen LogP contribution in [-0.2, 0) is 4.74 Å². The highest BCUT2D eigenvalue weighted by atomic mass is 16.5. The van der Waals surface area contributed by atoms with Gasteiger partial charge in [-0.25, -0.2) is 4.79 Å². The molecule has 0 aliphatic carbocycles. The van der Waals surface area contributed by atoms with Crippen LogP contribution in [0.25, 0.3) is 0 Å². The van der Waals surface area contributed by atoms with Crippen LogP contribution in [0.1, 0.15) is 31.1 Å². The first kappa shape index (κ1) is 15.5. The summed E-state index contributed by atoms with van der Waals surface area (Å²) in [7, 11) is 0. The number of β-amino-alcohol motifs (C(OH)–C–C–N with tert-alkyl or cyclic N) is 1. The Morgan fingerprint density at radius 1 is 1.47 bits per heavy atom. The maximum absolute atomic E-state index is 11.7. The zero-order valence-electron chi connectivity index (χ0n) is 11.6. The minimum Gasteiger partial charge on any atom is -0.459 e. The number of hydrogen-bond acceptors (Lipinski definition) is 5. The highest BCUT2D eigenvalue weighted by Gasteiger charge is 2.14. The fourth-order valence-corrected chi connectivity index (χ4v) is 1.40. The maximum atomic E-state index is 11.7. The maximum Gasteiger partial charge on any atom is 0.338 e. The number of carbonyl (C=O) groups excluding carboxylic acids is 1. The van der Waals surface area contributed by atoms with Crippen molar-refractivity contribution >= 4 is 11.7 Å². The molecule has 5 heteroatoms. The minimum absolute atomic E-state index is 0.0449. The van der Waals surface area contributed by atoms with Crippen molar-refractivity contribution in [2.45, 2.75) is 32.4 Å². The largest absolute Gasteiger partial charge is 0.459 e. The molecule has 1 aromatic rings. The van der Waals surface area contributed by atoms with Crippen LogP contribution in [-0.4, -0.2) is 35.9 Å². The Labute approximate surface area is 113 Å². The van der Waals surface area contributed by atoms with E-state index < -0.39 is 12.1 Å².